The second-order valence-electron chi connectivity index (χ2n) is 9.22. The number of carbonyl (C=O) groups excluding carboxylic acids is 2. The summed E-state index contributed by atoms with van der Waals surface area (Å²) in [7, 11) is 0. The highest BCUT2D eigenvalue weighted by atomic mass is 16.5. The summed E-state index contributed by atoms with van der Waals surface area (Å²) in [6.07, 6.45) is 2.32. The first-order chi connectivity index (χ1) is 18.6. The molecule has 38 heavy (non-hydrogen) atoms. The number of aromatic nitrogens is 1. The molecule has 3 aromatic carbocycles. The molecule has 0 spiro atoms. The van der Waals surface area contributed by atoms with Gasteiger partial charge in [0.05, 0.1) is 11.8 Å². The van der Waals surface area contributed by atoms with Gasteiger partial charge in [-0.05, 0) is 30.2 Å². The lowest BCUT2D eigenvalue weighted by Crippen LogP contribution is -2.26. The molecule has 0 saturated carbocycles. The summed E-state index contributed by atoms with van der Waals surface area (Å²) in [5.74, 6) is 0.830. The Morgan fingerprint density at radius 3 is 2.39 bits per heavy atom. The molecule has 0 saturated heterocycles. The molecule has 3 heterocycles. The molecule has 7 nitrogen and oxygen atoms in total. The number of carbonyl (C=O) groups is 2. The third-order valence-electron chi connectivity index (χ3n) is 6.78. The van der Waals surface area contributed by atoms with E-state index in [0.717, 1.165) is 28.8 Å². The van der Waals surface area contributed by atoms with Crippen molar-refractivity contribution < 1.29 is 18.5 Å². The number of fused-ring (bicyclic) bond motifs is 1. The summed E-state index contributed by atoms with van der Waals surface area (Å²) in [6.45, 7) is 2.21. The van der Waals surface area contributed by atoms with Crippen molar-refractivity contribution >= 4 is 23.1 Å². The molecular weight excluding hydrogens is 478 g/mol. The Hall–Kier alpha value is -4.91. The minimum absolute atomic E-state index is 0.0107. The van der Waals surface area contributed by atoms with E-state index in [1.165, 1.54) is 6.26 Å². The van der Waals surface area contributed by atoms with E-state index in [2.05, 4.69) is 10.5 Å². The van der Waals surface area contributed by atoms with Gasteiger partial charge in [0.25, 0.3) is 0 Å². The number of anilines is 2. The van der Waals surface area contributed by atoms with Gasteiger partial charge in [0, 0.05) is 42.0 Å². The second kappa shape index (κ2) is 9.86. The van der Waals surface area contributed by atoms with Crippen LogP contribution >= 0.6 is 0 Å². The minimum atomic E-state index is -0.860. The Balaban J connectivity index is 1.39. The number of nitrogens with one attached hydrogen (secondary N) is 1. The standard InChI is InChI=1S/C31H25N3O4/c1-20(35)34-16-14-21-12-13-24(18-27(21)34)32-29(26-19-28(38-33-26)22-8-4-2-5-9-22)30(36)25-15-17-37-31(25)23-10-6-3-7-11-23/h2-13,15,17-19,29,32H,14,16H2,1H3. The fourth-order valence-electron chi connectivity index (χ4n) is 4.87. The van der Waals surface area contributed by atoms with E-state index < -0.39 is 6.04 Å². The van der Waals surface area contributed by atoms with E-state index in [0.29, 0.717) is 35.0 Å². The maximum absolute atomic E-state index is 14.1. The van der Waals surface area contributed by atoms with E-state index in [1.54, 1.807) is 24.0 Å². The molecule has 0 fully saturated rings. The molecule has 1 N–H and O–H groups in total. The zero-order valence-corrected chi connectivity index (χ0v) is 20.8. The first-order valence-corrected chi connectivity index (χ1v) is 12.5. The van der Waals surface area contributed by atoms with Crippen LogP contribution in [0.5, 0.6) is 0 Å². The van der Waals surface area contributed by atoms with Gasteiger partial charge in [-0.2, -0.15) is 0 Å². The van der Waals surface area contributed by atoms with Crippen molar-refractivity contribution in [1.29, 1.82) is 0 Å². The van der Waals surface area contributed by atoms with Gasteiger partial charge in [0.15, 0.2) is 11.5 Å². The van der Waals surface area contributed by atoms with E-state index in [-0.39, 0.29) is 11.7 Å². The molecule has 2 aromatic heterocycles. The SMILES string of the molecule is CC(=O)N1CCc2ccc(NC(C(=O)c3ccoc3-c3ccccc3)c3cc(-c4ccccc4)on3)cc21. The van der Waals surface area contributed by atoms with Gasteiger partial charge >= 0.3 is 0 Å². The number of Topliss-reactive ketones (excluding diaryl/α,β-unsaturated/α-hetero) is 1. The summed E-state index contributed by atoms with van der Waals surface area (Å²) in [4.78, 5) is 28.0. The molecule has 188 valence electrons. The number of benzene rings is 3. The third-order valence-corrected chi connectivity index (χ3v) is 6.78. The molecule has 1 atom stereocenters. The predicted octanol–water partition coefficient (Wildman–Crippen LogP) is 6.55. The van der Waals surface area contributed by atoms with Crippen molar-refractivity contribution in [3.8, 4) is 22.6 Å². The van der Waals surface area contributed by atoms with Crippen molar-refractivity contribution in [3.05, 3.63) is 114 Å². The van der Waals surface area contributed by atoms with Gasteiger partial charge in [-0.15, -0.1) is 0 Å². The highest BCUT2D eigenvalue weighted by Crippen LogP contribution is 2.35. The van der Waals surface area contributed by atoms with Crippen LogP contribution in [0.3, 0.4) is 0 Å². The molecule has 6 rings (SSSR count). The topological polar surface area (TPSA) is 88.6 Å². The normalized spacial score (nSPS) is 13.2. The molecule has 1 aliphatic heterocycles. The van der Waals surface area contributed by atoms with Crippen molar-refractivity contribution in [3.63, 3.8) is 0 Å². The van der Waals surface area contributed by atoms with Crippen molar-refractivity contribution in [2.24, 2.45) is 0 Å². The van der Waals surface area contributed by atoms with Crippen LogP contribution in [0.1, 0.15) is 34.6 Å². The predicted molar refractivity (Wildman–Crippen MR) is 145 cm³/mol. The maximum atomic E-state index is 14.1. The monoisotopic (exact) mass is 503 g/mol. The van der Waals surface area contributed by atoms with Crippen molar-refractivity contribution in [1.82, 2.24) is 5.16 Å². The Morgan fingerprint density at radius 2 is 1.66 bits per heavy atom. The van der Waals surface area contributed by atoms with Crippen LogP contribution in [0.2, 0.25) is 0 Å². The van der Waals surface area contributed by atoms with Gasteiger partial charge in [-0.3, -0.25) is 9.59 Å². The number of hydrogen-bond donors (Lipinski definition) is 1. The van der Waals surface area contributed by atoms with Gasteiger partial charge in [0.1, 0.15) is 17.5 Å². The molecule has 0 aliphatic carbocycles. The molecule has 1 amide bonds. The van der Waals surface area contributed by atoms with E-state index in [1.807, 2.05) is 78.9 Å². The molecule has 1 unspecified atom stereocenters. The van der Waals surface area contributed by atoms with Crippen LogP contribution in [-0.2, 0) is 11.2 Å². The summed E-state index contributed by atoms with van der Waals surface area (Å²) < 4.78 is 11.4. The van der Waals surface area contributed by atoms with Crippen molar-refractivity contribution in [2.75, 3.05) is 16.8 Å². The maximum Gasteiger partial charge on any atom is 0.223 e. The smallest absolute Gasteiger partial charge is 0.223 e. The molecule has 0 radical (unpaired) electrons. The minimum Gasteiger partial charge on any atom is -0.464 e. The highest BCUT2D eigenvalue weighted by molar-refractivity contribution is 6.06. The average Bonchev–Trinajstić information content (AvgIpc) is 3.72. The van der Waals surface area contributed by atoms with Crippen LogP contribution < -0.4 is 10.2 Å². The van der Waals surface area contributed by atoms with Gasteiger partial charge in [-0.25, -0.2) is 0 Å². The lowest BCUT2D eigenvalue weighted by atomic mass is 9.98. The van der Waals surface area contributed by atoms with Gasteiger partial charge in [-0.1, -0.05) is 71.9 Å². The second-order valence-corrected chi connectivity index (χ2v) is 9.22. The van der Waals surface area contributed by atoms with Crippen LogP contribution in [-0.4, -0.2) is 23.4 Å². The summed E-state index contributed by atoms with van der Waals surface area (Å²) in [6, 6.07) is 27.6. The zero-order valence-electron chi connectivity index (χ0n) is 20.8. The van der Waals surface area contributed by atoms with Crippen LogP contribution in [0, 0.1) is 0 Å². The van der Waals surface area contributed by atoms with Gasteiger partial charge in [0.2, 0.25) is 5.91 Å². The molecule has 7 heteroatoms. The molecule has 0 bridgehead atoms. The number of furan rings is 1. The summed E-state index contributed by atoms with van der Waals surface area (Å²) in [5, 5.41) is 7.65. The number of amides is 1. The Labute approximate surface area is 219 Å². The summed E-state index contributed by atoms with van der Waals surface area (Å²) in [5.41, 5.74) is 5.20. The largest absolute Gasteiger partial charge is 0.464 e. The lowest BCUT2D eigenvalue weighted by Gasteiger charge is -2.19. The van der Waals surface area contributed by atoms with Gasteiger partial charge < -0.3 is 19.2 Å². The fourth-order valence-corrected chi connectivity index (χ4v) is 4.87. The van der Waals surface area contributed by atoms with E-state index in [9.17, 15) is 9.59 Å². The van der Waals surface area contributed by atoms with Crippen LogP contribution in [0.25, 0.3) is 22.6 Å². The number of hydrogen-bond acceptors (Lipinski definition) is 6. The Kier molecular flexibility index (Phi) is 6.09. The van der Waals surface area contributed by atoms with E-state index in [4.69, 9.17) is 8.94 Å². The summed E-state index contributed by atoms with van der Waals surface area (Å²) >= 11 is 0. The first kappa shape index (κ1) is 23.5. The van der Waals surface area contributed by atoms with Crippen molar-refractivity contribution in [2.45, 2.75) is 19.4 Å². The highest BCUT2D eigenvalue weighted by Gasteiger charge is 2.30. The number of rotatable bonds is 7. The van der Waals surface area contributed by atoms with Crippen LogP contribution in [0.15, 0.2) is 106 Å². The molecule has 5 aromatic rings. The lowest BCUT2D eigenvalue weighted by molar-refractivity contribution is -0.116. The Morgan fingerprint density at radius 1 is 0.921 bits per heavy atom. The van der Waals surface area contributed by atoms with Crippen LogP contribution in [0.4, 0.5) is 11.4 Å². The fraction of sp³-hybridized carbons (Fsp3) is 0.129. The quantitative estimate of drug-likeness (QED) is 0.254. The molecule has 1 aliphatic rings. The number of ketones is 1. The average molecular weight is 504 g/mol. The first-order valence-electron chi connectivity index (χ1n) is 12.5. The zero-order chi connectivity index (χ0) is 26.1. The molecular formula is C31H25N3O4. The Bertz CT molecular complexity index is 1600. The van der Waals surface area contributed by atoms with E-state index >= 15 is 0 Å². The third kappa shape index (κ3) is 4.39. The number of nitrogens with zero attached hydrogens (tertiary/aromatic N) is 2.